The summed E-state index contributed by atoms with van der Waals surface area (Å²) < 4.78 is 4.80. The van der Waals surface area contributed by atoms with Crippen LogP contribution < -0.4 is 0 Å². The molecule has 0 bridgehead atoms. The molecule has 0 N–H and O–H groups in total. The van der Waals surface area contributed by atoms with Gasteiger partial charge in [-0.05, 0) is 53.6 Å². The largest absolute Gasteiger partial charge is 0.309 e. The smallest absolute Gasteiger partial charge is 0.0991 e. The molecule has 174 valence electrons. The van der Waals surface area contributed by atoms with Crippen molar-refractivity contribution in [1.82, 2.24) is 4.57 Å². The third-order valence-electron chi connectivity index (χ3n) is 7.03. The molecule has 7 rings (SSSR count). The number of hydrogen-bond donors (Lipinski definition) is 0. The summed E-state index contributed by atoms with van der Waals surface area (Å²) in [5.41, 5.74) is 7.28. The van der Waals surface area contributed by atoms with Crippen LogP contribution in [0.1, 0.15) is 11.1 Å². The third-order valence-corrected chi connectivity index (χ3v) is 8.15. The molecule has 37 heavy (non-hydrogen) atoms. The molecule has 2 heterocycles. The summed E-state index contributed by atoms with van der Waals surface area (Å²) in [5.74, 6) is 0. The summed E-state index contributed by atoms with van der Waals surface area (Å²) in [4.78, 5) is 4.16. The maximum Gasteiger partial charge on any atom is 0.0991 e. The zero-order valence-corrected chi connectivity index (χ0v) is 21.0. The molecule has 3 nitrogen and oxygen atoms in total. The van der Waals surface area contributed by atoms with E-state index >= 15 is 0 Å². The molecule has 0 spiro atoms. The Labute approximate surface area is 218 Å². The fraction of sp³-hybridized carbons (Fsp3) is 0.0303. The van der Waals surface area contributed by atoms with Gasteiger partial charge in [0.05, 0.1) is 28.4 Å². The van der Waals surface area contributed by atoms with E-state index in [-0.39, 0.29) is 0 Å². The number of para-hydroxylation sites is 2. The number of nitrogens with zero attached hydrogens (tertiary/aromatic N) is 3. The summed E-state index contributed by atoms with van der Waals surface area (Å²) in [7, 11) is 1.80. The first-order valence-electron chi connectivity index (χ1n) is 12.2. The lowest BCUT2D eigenvalue weighted by atomic mass is 9.99. The van der Waals surface area contributed by atoms with Crippen molar-refractivity contribution in [3.8, 4) is 22.9 Å². The zero-order chi connectivity index (χ0) is 24.9. The minimum absolute atomic E-state index is 0.652. The van der Waals surface area contributed by atoms with Crippen molar-refractivity contribution < 1.29 is 0 Å². The standard InChI is InChI=1S/C33H21N3S/c1-35-20-22-10-13-26-27-14-12-23(18-33(27)37-32(26)17-22)28-16-21(19-34)11-15-31(28)36-29-8-4-2-6-24(29)25-7-3-5-9-30(25)36/h2-18,20H,1H3. The van der Waals surface area contributed by atoms with Gasteiger partial charge in [-0.2, -0.15) is 5.26 Å². The molecule has 4 heteroatoms. The fourth-order valence-corrected chi connectivity index (χ4v) is 6.60. The quantitative estimate of drug-likeness (QED) is 0.228. The van der Waals surface area contributed by atoms with E-state index in [2.05, 4.69) is 107 Å². The highest BCUT2D eigenvalue weighted by Crippen LogP contribution is 2.40. The van der Waals surface area contributed by atoms with Gasteiger partial charge >= 0.3 is 0 Å². The van der Waals surface area contributed by atoms with Gasteiger partial charge in [-0.1, -0.05) is 60.7 Å². The number of thiophene rings is 1. The first kappa shape index (κ1) is 21.6. The molecular weight excluding hydrogens is 470 g/mol. The van der Waals surface area contributed by atoms with Gasteiger partial charge in [0.15, 0.2) is 0 Å². The van der Waals surface area contributed by atoms with E-state index in [9.17, 15) is 5.26 Å². The Morgan fingerprint density at radius 2 is 1.41 bits per heavy atom. The van der Waals surface area contributed by atoms with Crippen LogP contribution in [0, 0.1) is 11.3 Å². The number of benzene rings is 5. The maximum atomic E-state index is 9.75. The lowest BCUT2D eigenvalue weighted by Crippen LogP contribution is -1.98. The zero-order valence-electron chi connectivity index (χ0n) is 20.1. The van der Waals surface area contributed by atoms with Crippen LogP contribution in [0.15, 0.2) is 108 Å². The molecule has 0 saturated heterocycles. The summed E-state index contributed by atoms with van der Waals surface area (Å²) >= 11 is 1.80. The summed E-state index contributed by atoms with van der Waals surface area (Å²) in [6.45, 7) is 0. The molecule has 0 fully saturated rings. The molecule has 0 aliphatic carbocycles. The first-order chi connectivity index (χ1) is 18.2. The van der Waals surface area contributed by atoms with Gasteiger partial charge in [0.25, 0.3) is 0 Å². The number of hydrogen-bond acceptors (Lipinski definition) is 3. The van der Waals surface area contributed by atoms with Crippen molar-refractivity contribution >= 4 is 59.5 Å². The van der Waals surface area contributed by atoms with E-state index in [0.717, 1.165) is 33.4 Å². The molecular formula is C33H21N3S. The second kappa shape index (κ2) is 8.44. The van der Waals surface area contributed by atoms with Gasteiger partial charge in [-0.25, -0.2) is 0 Å². The van der Waals surface area contributed by atoms with Crippen LogP contribution in [0.3, 0.4) is 0 Å². The molecule has 0 radical (unpaired) electrons. The average Bonchev–Trinajstić information content (AvgIpc) is 3.47. The number of aromatic nitrogens is 1. The normalized spacial score (nSPS) is 11.8. The van der Waals surface area contributed by atoms with Crippen LogP contribution in [-0.2, 0) is 0 Å². The second-order valence-corrected chi connectivity index (χ2v) is 10.3. The third kappa shape index (κ3) is 3.36. The minimum atomic E-state index is 0.652. The predicted molar refractivity (Wildman–Crippen MR) is 157 cm³/mol. The first-order valence-corrected chi connectivity index (χ1v) is 13.0. The molecule has 0 atom stereocenters. The Kier molecular flexibility index (Phi) is 4.92. The number of rotatable bonds is 3. The SMILES string of the molecule is CN=Cc1ccc2c(c1)sc1cc(-c3cc(C#N)ccc3-n3c4ccccc4c4ccccc43)ccc12. The van der Waals surface area contributed by atoms with Crippen molar-refractivity contribution in [3.63, 3.8) is 0 Å². The lowest BCUT2D eigenvalue weighted by Gasteiger charge is -2.15. The second-order valence-electron chi connectivity index (χ2n) is 9.17. The Morgan fingerprint density at radius 1 is 0.730 bits per heavy atom. The molecule has 0 amide bonds. The summed E-state index contributed by atoms with van der Waals surface area (Å²) in [6, 6.07) is 38.6. The van der Waals surface area contributed by atoms with Crippen molar-refractivity contribution in [2.45, 2.75) is 0 Å². The maximum absolute atomic E-state index is 9.75. The van der Waals surface area contributed by atoms with E-state index in [4.69, 9.17) is 0 Å². The van der Waals surface area contributed by atoms with Crippen LogP contribution in [-0.4, -0.2) is 17.8 Å². The van der Waals surface area contributed by atoms with Crippen LogP contribution in [0.2, 0.25) is 0 Å². The number of nitriles is 1. The van der Waals surface area contributed by atoms with Crippen LogP contribution in [0.25, 0.3) is 58.8 Å². The van der Waals surface area contributed by atoms with E-state index < -0.39 is 0 Å². The molecule has 0 aliphatic heterocycles. The molecule has 5 aromatic carbocycles. The summed E-state index contributed by atoms with van der Waals surface area (Å²) in [5, 5.41) is 14.7. The van der Waals surface area contributed by atoms with E-state index in [0.29, 0.717) is 5.56 Å². The van der Waals surface area contributed by atoms with E-state index in [1.165, 1.54) is 30.9 Å². The number of aliphatic imine (C=N–C) groups is 1. The Hall–Kier alpha value is -4.72. The van der Waals surface area contributed by atoms with E-state index in [1.807, 2.05) is 18.3 Å². The van der Waals surface area contributed by atoms with Crippen molar-refractivity contribution in [3.05, 3.63) is 114 Å². The molecule has 0 aliphatic rings. The number of fused-ring (bicyclic) bond motifs is 6. The van der Waals surface area contributed by atoms with Crippen LogP contribution in [0.4, 0.5) is 0 Å². The Bertz CT molecular complexity index is 2010. The molecule has 2 aromatic heterocycles. The topological polar surface area (TPSA) is 41.1 Å². The van der Waals surface area contributed by atoms with Gasteiger partial charge in [-0.3, -0.25) is 4.99 Å². The molecule has 0 saturated carbocycles. The van der Waals surface area contributed by atoms with Crippen molar-refractivity contribution in [2.24, 2.45) is 4.99 Å². The molecule has 7 aromatic rings. The van der Waals surface area contributed by atoms with Gasteiger partial charge in [0.2, 0.25) is 0 Å². The fourth-order valence-electron chi connectivity index (χ4n) is 5.40. The van der Waals surface area contributed by atoms with Gasteiger partial charge in [0.1, 0.15) is 0 Å². The monoisotopic (exact) mass is 491 g/mol. The Balaban J connectivity index is 1.50. The highest BCUT2D eigenvalue weighted by molar-refractivity contribution is 7.25. The lowest BCUT2D eigenvalue weighted by molar-refractivity contribution is 1.18. The highest BCUT2D eigenvalue weighted by Gasteiger charge is 2.17. The average molecular weight is 492 g/mol. The van der Waals surface area contributed by atoms with Gasteiger partial charge in [-0.15, -0.1) is 11.3 Å². The van der Waals surface area contributed by atoms with Crippen LogP contribution >= 0.6 is 11.3 Å². The summed E-state index contributed by atoms with van der Waals surface area (Å²) in [6.07, 6.45) is 1.89. The van der Waals surface area contributed by atoms with E-state index in [1.54, 1.807) is 18.4 Å². The minimum Gasteiger partial charge on any atom is -0.309 e. The molecule has 0 unspecified atom stereocenters. The van der Waals surface area contributed by atoms with Crippen LogP contribution in [0.5, 0.6) is 0 Å². The van der Waals surface area contributed by atoms with Crippen molar-refractivity contribution in [2.75, 3.05) is 7.05 Å². The highest BCUT2D eigenvalue weighted by atomic mass is 32.1. The van der Waals surface area contributed by atoms with Gasteiger partial charge < -0.3 is 4.57 Å². The van der Waals surface area contributed by atoms with Crippen molar-refractivity contribution in [1.29, 1.82) is 5.26 Å². The Morgan fingerprint density at radius 3 is 2.11 bits per heavy atom. The van der Waals surface area contributed by atoms with Gasteiger partial charge in [0, 0.05) is 49.8 Å². The predicted octanol–water partition coefficient (Wildman–Crippen LogP) is 8.74.